The van der Waals surface area contributed by atoms with E-state index in [1.54, 1.807) is 43.0 Å². The van der Waals surface area contributed by atoms with E-state index in [9.17, 15) is 13.2 Å². The zero-order chi connectivity index (χ0) is 23.4. The molecule has 0 saturated heterocycles. The number of aryl methyl sites for hydroxylation is 2. The summed E-state index contributed by atoms with van der Waals surface area (Å²) < 4.78 is 36.3. The number of carbonyl (C=O) groups excluding carboxylic acids is 1. The fourth-order valence-electron chi connectivity index (χ4n) is 4.21. The van der Waals surface area contributed by atoms with E-state index in [0.717, 1.165) is 0 Å². The van der Waals surface area contributed by atoms with Gasteiger partial charge in [-0.25, -0.2) is 22.8 Å². The second kappa shape index (κ2) is 7.68. The maximum absolute atomic E-state index is 12.8. The molecule has 0 aliphatic heterocycles. The van der Waals surface area contributed by atoms with Gasteiger partial charge >= 0.3 is 0 Å². The number of aromatic nitrogens is 5. The third-order valence-corrected chi connectivity index (χ3v) is 8.16. The first-order valence-electron chi connectivity index (χ1n) is 11.0. The monoisotopic (exact) mass is 470 g/mol. The lowest BCUT2D eigenvalue weighted by Gasteiger charge is -2.11. The molecule has 5 rings (SSSR count). The van der Waals surface area contributed by atoms with Crippen LogP contribution in [0.2, 0.25) is 0 Å². The number of hydrogen-bond donors (Lipinski definition) is 1. The largest absolute Gasteiger partial charge is 0.476 e. The molecule has 0 bridgehead atoms. The average Bonchev–Trinajstić information content (AvgIpc) is 3.61. The van der Waals surface area contributed by atoms with E-state index < -0.39 is 15.9 Å². The van der Waals surface area contributed by atoms with Gasteiger partial charge in [-0.05, 0) is 56.1 Å². The van der Waals surface area contributed by atoms with Crippen molar-refractivity contribution in [2.45, 2.75) is 44.4 Å². The van der Waals surface area contributed by atoms with Crippen molar-refractivity contribution in [1.29, 1.82) is 0 Å². The van der Waals surface area contributed by atoms with Gasteiger partial charge in [0.15, 0.2) is 5.82 Å². The molecule has 2 aliphatic rings. The van der Waals surface area contributed by atoms with Gasteiger partial charge < -0.3 is 4.74 Å². The molecule has 1 atom stereocenters. The fraction of sp³-hybridized carbons (Fsp3) is 0.455. The number of ether oxygens (including phenoxy) is 1. The maximum atomic E-state index is 12.8. The van der Waals surface area contributed by atoms with Crippen LogP contribution in [-0.4, -0.2) is 45.5 Å². The summed E-state index contributed by atoms with van der Waals surface area (Å²) >= 11 is 0. The predicted octanol–water partition coefficient (Wildman–Crippen LogP) is 2.17. The number of nitrogens with one attached hydrogen (secondary N) is 1. The SMILES string of the molecule is CCc1nc(-n2ccc(OCC3CC34CC4)n2)ccc1C(=O)NS(=O)(=O)c1cnn(C)c1C. The Hall–Kier alpha value is -3.21. The van der Waals surface area contributed by atoms with Crippen LogP contribution in [0.5, 0.6) is 5.88 Å². The van der Waals surface area contributed by atoms with Gasteiger partial charge in [-0.1, -0.05) is 6.92 Å². The molecule has 10 nitrogen and oxygen atoms in total. The Morgan fingerprint density at radius 2 is 2.09 bits per heavy atom. The molecular formula is C22H26N6O4S. The lowest BCUT2D eigenvalue weighted by atomic mass is 10.1. The van der Waals surface area contributed by atoms with E-state index in [2.05, 4.69) is 19.9 Å². The number of carbonyl (C=O) groups is 1. The molecule has 0 radical (unpaired) electrons. The first kappa shape index (κ1) is 21.6. The molecule has 2 fully saturated rings. The molecule has 1 unspecified atom stereocenters. The predicted molar refractivity (Wildman–Crippen MR) is 119 cm³/mol. The van der Waals surface area contributed by atoms with E-state index in [0.29, 0.717) is 47.4 Å². The Labute approximate surface area is 192 Å². The number of hydrogen-bond acceptors (Lipinski definition) is 7. The lowest BCUT2D eigenvalue weighted by molar-refractivity contribution is 0.0980. The van der Waals surface area contributed by atoms with Gasteiger partial charge in [0, 0.05) is 19.3 Å². The van der Waals surface area contributed by atoms with Crippen LogP contribution in [0.1, 0.15) is 47.9 Å². The highest BCUT2D eigenvalue weighted by atomic mass is 32.2. The summed E-state index contributed by atoms with van der Waals surface area (Å²) in [6.07, 6.45) is 7.32. The maximum Gasteiger partial charge on any atom is 0.267 e. The van der Waals surface area contributed by atoms with Gasteiger partial charge in [0.05, 0.1) is 29.8 Å². The summed E-state index contributed by atoms with van der Waals surface area (Å²) in [5.74, 6) is 0.973. The molecule has 1 N–H and O–H groups in total. The Balaban J connectivity index is 1.31. The lowest BCUT2D eigenvalue weighted by Crippen LogP contribution is -2.31. The van der Waals surface area contributed by atoms with Crippen LogP contribution in [0.15, 0.2) is 35.5 Å². The van der Waals surface area contributed by atoms with Crippen LogP contribution < -0.4 is 9.46 Å². The normalized spacial score (nSPS) is 18.3. The molecule has 2 saturated carbocycles. The molecule has 2 aliphatic carbocycles. The number of rotatable bonds is 8. The second-order valence-corrected chi connectivity index (χ2v) is 10.5. The second-order valence-electron chi connectivity index (χ2n) is 8.84. The molecule has 0 aromatic carbocycles. The van der Waals surface area contributed by atoms with Crippen molar-refractivity contribution < 1.29 is 17.9 Å². The third kappa shape index (κ3) is 4.01. The van der Waals surface area contributed by atoms with Crippen LogP contribution in [-0.2, 0) is 23.5 Å². The van der Waals surface area contributed by atoms with Gasteiger partial charge in [-0.3, -0.25) is 9.48 Å². The summed E-state index contributed by atoms with van der Waals surface area (Å²) in [5, 5.41) is 8.37. The van der Waals surface area contributed by atoms with Crippen LogP contribution in [0, 0.1) is 18.3 Å². The van der Waals surface area contributed by atoms with Crippen molar-refractivity contribution >= 4 is 15.9 Å². The standard InChI is InChI=1S/C22H26N6O4S/c1-4-17-16(21(29)26-33(30,31)18-12-23-27(3)14(18)2)5-6-19(24-17)28-10-7-20(25-28)32-13-15-11-22(15)8-9-22/h5-7,10,12,15H,4,8-9,11,13H2,1-3H3,(H,26,29). The van der Waals surface area contributed by atoms with E-state index >= 15 is 0 Å². The minimum atomic E-state index is -4.06. The zero-order valence-electron chi connectivity index (χ0n) is 18.8. The van der Waals surface area contributed by atoms with Gasteiger partial charge in [0.2, 0.25) is 5.88 Å². The molecule has 1 amide bonds. The molecule has 3 aromatic rings. The smallest absolute Gasteiger partial charge is 0.267 e. The fourth-order valence-corrected chi connectivity index (χ4v) is 5.38. The minimum Gasteiger partial charge on any atom is -0.476 e. The van der Waals surface area contributed by atoms with Gasteiger partial charge in [0.1, 0.15) is 4.90 Å². The minimum absolute atomic E-state index is 0.0381. The summed E-state index contributed by atoms with van der Waals surface area (Å²) in [6, 6.07) is 4.98. The van der Waals surface area contributed by atoms with E-state index in [4.69, 9.17) is 4.74 Å². The van der Waals surface area contributed by atoms with Crippen LogP contribution >= 0.6 is 0 Å². The number of sulfonamides is 1. The van der Waals surface area contributed by atoms with Crippen molar-refractivity contribution in [3.63, 3.8) is 0 Å². The highest BCUT2D eigenvalue weighted by Gasteiger charge is 2.62. The van der Waals surface area contributed by atoms with Crippen molar-refractivity contribution in [3.8, 4) is 11.7 Å². The van der Waals surface area contributed by atoms with E-state index in [1.165, 1.54) is 30.1 Å². The first-order valence-corrected chi connectivity index (χ1v) is 12.5. The number of pyridine rings is 1. The highest BCUT2D eigenvalue weighted by molar-refractivity contribution is 7.90. The summed E-state index contributed by atoms with van der Waals surface area (Å²) in [7, 11) is -2.42. The average molecular weight is 471 g/mol. The highest BCUT2D eigenvalue weighted by Crippen LogP contribution is 2.70. The molecular weight excluding hydrogens is 444 g/mol. The van der Waals surface area contributed by atoms with E-state index in [-0.39, 0.29) is 10.5 Å². The molecule has 11 heteroatoms. The van der Waals surface area contributed by atoms with Crippen molar-refractivity contribution in [3.05, 3.63) is 47.5 Å². The summed E-state index contributed by atoms with van der Waals surface area (Å²) in [4.78, 5) is 17.3. The van der Waals surface area contributed by atoms with E-state index in [1.807, 2.05) is 6.92 Å². The summed E-state index contributed by atoms with van der Waals surface area (Å²) in [5.41, 5.74) is 1.68. The zero-order valence-corrected chi connectivity index (χ0v) is 19.6. The van der Waals surface area contributed by atoms with Gasteiger partial charge in [0.25, 0.3) is 15.9 Å². The third-order valence-electron chi connectivity index (χ3n) is 6.73. The molecule has 1 spiro atoms. The Bertz CT molecular complexity index is 1340. The number of nitrogens with zero attached hydrogens (tertiary/aromatic N) is 5. The molecule has 174 valence electrons. The van der Waals surface area contributed by atoms with Crippen molar-refractivity contribution in [2.75, 3.05) is 6.61 Å². The van der Waals surface area contributed by atoms with Crippen molar-refractivity contribution in [1.82, 2.24) is 29.3 Å². The van der Waals surface area contributed by atoms with Gasteiger partial charge in [-0.15, -0.1) is 5.10 Å². The van der Waals surface area contributed by atoms with Crippen molar-refractivity contribution in [2.24, 2.45) is 18.4 Å². The molecule has 3 aromatic heterocycles. The van der Waals surface area contributed by atoms with Crippen LogP contribution in [0.3, 0.4) is 0 Å². The first-order chi connectivity index (χ1) is 15.7. The Morgan fingerprint density at radius 3 is 2.73 bits per heavy atom. The molecule has 3 heterocycles. The Morgan fingerprint density at radius 1 is 1.30 bits per heavy atom. The topological polar surface area (TPSA) is 121 Å². The van der Waals surface area contributed by atoms with Gasteiger partial charge in [-0.2, -0.15) is 5.10 Å². The Kier molecular flexibility index (Phi) is 5.04. The van der Waals surface area contributed by atoms with Crippen LogP contribution in [0.4, 0.5) is 0 Å². The molecule has 33 heavy (non-hydrogen) atoms. The quantitative estimate of drug-likeness (QED) is 0.535. The number of amides is 1. The summed E-state index contributed by atoms with van der Waals surface area (Å²) in [6.45, 7) is 4.16. The van der Waals surface area contributed by atoms with Crippen LogP contribution in [0.25, 0.3) is 5.82 Å².